The Balaban J connectivity index is 1.27. The molecule has 3 aliphatic rings. The lowest BCUT2D eigenvalue weighted by Gasteiger charge is -2.33. The number of amides is 1. The van der Waals surface area contributed by atoms with Gasteiger partial charge in [-0.2, -0.15) is 0 Å². The van der Waals surface area contributed by atoms with E-state index >= 15 is 0 Å². The molecule has 0 radical (unpaired) electrons. The highest BCUT2D eigenvalue weighted by molar-refractivity contribution is 5.99. The van der Waals surface area contributed by atoms with Gasteiger partial charge in [0.25, 0.3) is 5.91 Å². The molecule has 8 nitrogen and oxygen atoms in total. The van der Waals surface area contributed by atoms with Crippen LogP contribution in [-0.4, -0.2) is 58.9 Å². The summed E-state index contributed by atoms with van der Waals surface area (Å²) in [5, 5.41) is 12.1. The molecule has 1 N–H and O–H groups in total. The Bertz CT molecular complexity index is 959. The number of nitrogens with zero attached hydrogens (tertiary/aromatic N) is 4. The third kappa shape index (κ3) is 3.37. The molecule has 0 atom stereocenters. The molecule has 0 bridgehead atoms. The minimum atomic E-state index is 0.0596. The van der Waals surface area contributed by atoms with Crippen LogP contribution in [0.5, 0.6) is 11.5 Å². The maximum atomic E-state index is 13.0. The highest BCUT2D eigenvalue weighted by atomic mass is 16.5. The van der Waals surface area contributed by atoms with Crippen molar-refractivity contribution in [3.63, 3.8) is 0 Å². The van der Waals surface area contributed by atoms with Gasteiger partial charge in [0.15, 0.2) is 0 Å². The van der Waals surface area contributed by atoms with Gasteiger partial charge < -0.3 is 24.3 Å². The second-order valence-electron chi connectivity index (χ2n) is 7.73. The highest BCUT2D eigenvalue weighted by Crippen LogP contribution is 2.32. The molecular formula is C21H25N5O3. The van der Waals surface area contributed by atoms with Crippen LogP contribution in [-0.2, 0) is 17.9 Å². The Labute approximate surface area is 169 Å². The van der Waals surface area contributed by atoms with Crippen LogP contribution < -0.4 is 14.8 Å². The van der Waals surface area contributed by atoms with E-state index in [9.17, 15) is 4.79 Å². The molecule has 29 heavy (non-hydrogen) atoms. The molecule has 2 aromatic rings. The number of methoxy groups -OCH3 is 1. The van der Waals surface area contributed by atoms with Crippen LogP contribution in [0.3, 0.4) is 0 Å². The van der Waals surface area contributed by atoms with E-state index < -0.39 is 0 Å². The summed E-state index contributed by atoms with van der Waals surface area (Å²) in [6.07, 6.45) is 3.75. The Morgan fingerprint density at radius 2 is 2.10 bits per heavy atom. The fourth-order valence-corrected chi connectivity index (χ4v) is 4.37. The van der Waals surface area contributed by atoms with Crippen molar-refractivity contribution < 1.29 is 14.3 Å². The molecule has 0 aliphatic carbocycles. The molecule has 1 saturated heterocycles. The van der Waals surface area contributed by atoms with E-state index in [4.69, 9.17) is 9.47 Å². The number of likely N-dealkylation sites (tertiary alicyclic amines) is 1. The number of carbonyl (C=O) groups is 1. The SMILES string of the molecule is COc1ccc2c(c1)C=C(C(=O)N1CCC(c3nnc4n3CCNC4)CC1)CO2. The molecule has 4 heterocycles. The monoisotopic (exact) mass is 395 g/mol. The van der Waals surface area contributed by atoms with Gasteiger partial charge in [-0.1, -0.05) is 0 Å². The zero-order chi connectivity index (χ0) is 19.8. The number of hydrogen-bond donors (Lipinski definition) is 1. The molecule has 0 saturated carbocycles. The number of hydrogen-bond acceptors (Lipinski definition) is 6. The van der Waals surface area contributed by atoms with Crippen LogP contribution in [0.15, 0.2) is 23.8 Å². The van der Waals surface area contributed by atoms with Gasteiger partial charge >= 0.3 is 0 Å². The summed E-state index contributed by atoms with van der Waals surface area (Å²) in [7, 11) is 1.63. The fourth-order valence-electron chi connectivity index (χ4n) is 4.37. The number of fused-ring (bicyclic) bond motifs is 2. The van der Waals surface area contributed by atoms with Crippen molar-refractivity contribution in [1.29, 1.82) is 0 Å². The third-order valence-electron chi connectivity index (χ3n) is 6.00. The summed E-state index contributed by atoms with van der Waals surface area (Å²) in [5.74, 6) is 4.06. The second-order valence-corrected chi connectivity index (χ2v) is 7.73. The van der Waals surface area contributed by atoms with Crippen LogP contribution in [0.1, 0.15) is 36.0 Å². The average molecular weight is 395 g/mol. The first-order valence-electron chi connectivity index (χ1n) is 10.2. The Hall–Kier alpha value is -2.87. The van der Waals surface area contributed by atoms with E-state index in [0.717, 1.165) is 74.3 Å². The smallest absolute Gasteiger partial charge is 0.253 e. The molecule has 152 valence electrons. The number of benzene rings is 1. The second kappa shape index (κ2) is 7.51. The number of carbonyl (C=O) groups excluding carboxylic acids is 1. The summed E-state index contributed by atoms with van der Waals surface area (Å²) in [6.45, 7) is 4.42. The quantitative estimate of drug-likeness (QED) is 0.850. The van der Waals surface area contributed by atoms with Crippen molar-refractivity contribution >= 4 is 12.0 Å². The van der Waals surface area contributed by atoms with E-state index in [1.165, 1.54) is 0 Å². The Morgan fingerprint density at radius 1 is 1.24 bits per heavy atom. The zero-order valence-electron chi connectivity index (χ0n) is 16.6. The van der Waals surface area contributed by atoms with E-state index in [0.29, 0.717) is 18.1 Å². The lowest BCUT2D eigenvalue weighted by molar-refractivity contribution is -0.128. The van der Waals surface area contributed by atoms with Gasteiger partial charge in [-0.3, -0.25) is 4.79 Å². The van der Waals surface area contributed by atoms with Crippen molar-refractivity contribution in [2.45, 2.75) is 31.8 Å². The maximum absolute atomic E-state index is 13.0. The van der Waals surface area contributed by atoms with Gasteiger partial charge in [0.05, 0.1) is 19.2 Å². The van der Waals surface area contributed by atoms with Gasteiger partial charge in [0.1, 0.15) is 29.8 Å². The normalized spacial score (nSPS) is 19.1. The van der Waals surface area contributed by atoms with Crippen molar-refractivity contribution in [2.24, 2.45) is 0 Å². The van der Waals surface area contributed by atoms with Gasteiger partial charge in [-0.25, -0.2) is 0 Å². The first kappa shape index (κ1) is 18.2. The van der Waals surface area contributed by atoms with Gasteiger partial charge in [-0.15, -0.1) is 10.2 Å². The molecule has 5 rings (SSSR count). The van der Waals surface area contributed by atoms with Crippen LogP contribution in [0.25, 0.3) is 6.08 Å². The minimum Gasteiger partial charge on any atom is -0.497 e. The predicted octanol–water partition coefficient (Wildman–Crippen LogP) is 1.57. The van der Waals surface area contributed by atoms with Crippen LogP contribution in [0, 0.1) is 0 Å². The molecule has 8 heteroatoms. The minimum absolute atomic E-state index is 0.0596. The van der Waals surface area contributed by atoms with E-state index in [2.05, 4.69) is 20.1 Å². The predicted molar refractivity (Wildman–Crippen MR) is 107 cm³/mol. The molecular weight excluding hydrogens is 370 g/mol. The van der Waals surface area contributed by atoms with Crippen molar-refractivity contribution in [1.82, 2.24) is 25.0 Å². The van der Waals surface area contributed by atoms with Gasteiger partial charge in [0.2, 0.25) is 0 Å². The number of ether oxygens (including phenoxy) is 2. The van der Waals surface area contributed by atoms with Crippen LogP contribution in [0.4, 0.5) is 0 Å². The highest BCUT2D eigenvalue weighted by Gasteiger charge is 2.30. The van der Waals surface area contributed by atoms with Crippen LogP contribution in [0.2, 0.25) is 0 Å². The summed E-state index contributed by atoms with van der Waals surface area (Å²) >= 11 is 0. The third-order valence-corrected chi connectivity index (χ3v) is 6.00. The van der Waals surface area contributed by atoms with Crippen molar-refractivity contribution in [3.8, 4) is 11.5 Å². The standard InChI is InChI=1S/C21H25N5O3/c1-28-17-2-3-18-15(11-17)10-16(13-29-18)21(27)25-7-4-14(5-8-25)20-24-23-19-12-22-6-9-26(19)20/h2-3,10-11,14,22H,4-9,12-13H2,1H3. The molecule has 1 aromatic heterocycles. The number of nitrogens with one attached hydrogen (secondary N) is 1. The molecule has 0 spiro atoms. The molecule has 1 amide bonds. The first-order chi connectivity index (χ1) is 14.2. The molecule has 1 fully saturated rings. The van der Waals surface area contributed by atoms with Crippen molar-refractivity contribution in [2.75, 3.05) is 33.4 Å². The summed E-state index contributed by atoms with van der Waals surface area (Å²) < 4.78 is 13.3. The molecule has 1 aromatic carbocycles. The largest absolute Gasteiger partial charge is 0.497 e. The maximum Gasteiger partial charge on any atom is 0.253 e. The van der Waals surface area contributed by atoms with E-state index in [1.54, 1.807) is 7.11 Å². The first-order valence-corrected chi connectivity index (χ1v) is 10.2. The number of rotatable bonds is 3. The van der Waals surface area contributed by atoms with Gasteiger partial charge in [-0.05, 0) is 37.1 Å². The topological polar surface area (TPSA) is 81.5 Å². The van der Waals surface area contributed by atoms with E-state index in [1.807, 2.05) is 29.2 Å². The van der Waals surface area contributed by atoms with Crippen molar-refractivity contribution in [3.05, 3.63) is 41.0 Å². The number of aromatic nitrogens is 3. The van der Waals surface area contributed by atoms with Crippen LogP contribution >= 0.6 is 0 Å². The Kier molecular flexibility index (Phi) is 4.71. The zero-order valence-corrected chi connectivity index (χ0v) is 16.6. The lowest BCUT2D eigenvalue weighted by Crippen LogP contribution is -2.40. The lowest BCUT2D eigenvalue weighted by atomic mass is 9.95. The summed E-state index contributed by atoms with van der Waals surface area (Å²) in [6, 6.07) is 5.65. The average Bonchev–Trinajstić information content (AvgIpc) is 3.22. The number of piperidine rings is 1. The fraction of sp³-hybridized carbons (Fsp3) is 0.476. The Morgan fingerprint density at radius 3 is 2.93 bits per heavy atom. The summed E-state index contributed by atoms with van der Waals surface area (Å²) in [4.78, 5) is 15.0. The molecule has 3 aliphatic heterocycles. The van der Waals surface area contributed by atoms with E-state index in [-0.39, 0.29) is 5.91 Å². The van der Waals surface area contributed by atoms with Gasteiger partial charge in [0, 0.05) is 37.7 Å². The molecule has 0 unspecified atom stereocenters. The summed E-state index contributed by atoms with van der Waals surface area (Å²) in [5.41, 5.74) is 1.58.